The lowest BCUT2D eigenvalue weighted by molar-refractivity contribution is 0.0592. The minimum Gasteiger partial charge on any atom is -0.316 e. The Hall–Kier alpha value is -1.22. The first-order chi connectivity index (χ1) is 7.22. The molecule has 0 aromatic heterocycles. The molecule has 0 bridgehead atoms. The van der Waals surface area contributed by atoms with Crippen LogP contribution in [0.3, 0.4) is 0 Å². The number of carbonyl (C=O) groups excluding carboxylic acids is 1. The fourth-order valence-electron chi connectivity index (χ4n) is 1.90. The molecule has 1 aliphatic heterocycles. The van der Waals surface area contributed by atoms with Gasteiger partial charge in [0.1, 0.15) is 0 Å². The quantitative estimate of drug-likeness (QED) is 0.751. The Morgan fingerprint density at radius 3 is 2.40 bits per heavy atom. The van der Waals surface area contributed by atoms with E-state index >= 15 is 0 Å². The van der Waals surface area contributed by atoms with Crippen molar-refractivity contribution in [1.82, 2.24) is 5.32 Å². The van der Waals surface area contributed by atoms with Gasteiger partial charge >= 0.3 is 0 Å². The Morgan fingerprint density at radius 1 is 1.20 bits per heavy atom. The molecule has 0 aliphatic carbocycles. The first-order valence-corrected chi connectivity index (χ1v) is 5.22. The lowest BCUT2D eigenvalue weighted by Crippen LogP contribution is -2.44. The maximum atomic E-state index is 14.3. The summed E-state index contributed by atoms with van der Waals surface area (Å²) in [6.45, 7) is 1.16. The lowest BCUT2D eigenvalue weighted by atomic mass is 9.86. The number of Topliss-reactive ketones (excluding diaryl/α,β-unsaturated/α-hetero) is 1. The number of alkyl halides is 1. The van der Waals surface area contributed by atoms with Crippen LogP contribution in [-0.4, -0.2) is 24.5 Å². The van der Waals surface area contributed by atoms with Crippen molar-refractivity contribution in [3.63, 3.8) is 0 Å². The molecular weight excluding hydrogens is 193 g/mol. The maximum Gasteiger partial charge on any atom is 0.200 e. The van der Waals surface area contributed by atoms with Gasteiger partial charge in [-0.05, 0) is 13.1 Å². The fraction of sp³-hybridized carbons (Fsp3) is 0.417. The van der Waals surface area contributed by atoms with Gasteiger partial charge in [-0.25, -0.2) is 4.39 Å². The molecule has 1 aromatic rings. The van der Waals surface area contributed by atoms with Gasteiger partial charge in [-0.15, -0.1) is 0 Å². The molecule has 0 radical (unpaired) electrons. The molecule has 0 amide bonds. The summed E-state index contributed by atoms with van der Waals surface area (Å²) in [4.78, 5) is 11.9. The van der Waals surface area contributed by atoms with Gasteiger partial charge in [-0.3, -0.25) is 4.79 Å². The van der Waals surface area contributed by atoms with E-state index in [-0.39, 0.29) is 18.6 Å². The molecule has 0 unspecified atom stereocenters. The van der Waals surface area contributed by atoms with Crippen LogP contribution < -0.4 is 5.32 Å². The van der Waals surface area contributed by atoms with E-state index in [9.17, 15) is 9.18 Å². The van der Waals surface area contributed by atoms with Gasteiger partial charge < -0.3 is 5.32 Å². The molecule has 1 N–H and O–H groups in total. The van der Waals surface area contributed by atoms with E-state index in [1.165, 1.54) is 0 Å². The first kappa shape index (κ1) is 10.3. The first-order valence-electron chi connectivity index (χ1n) is 5.22. The Kier molecular flexibility index (Phi) is 2.82. The monoisotopic (exact) mass is 207 g/mol. The molecule has 3 heteroatoms. The highest BCUT2D eigenvalue weighted by Gasteiger charge is 2.39. The van der Waals surface area contributed by atoms with Crippen LogP contribution >= 0.6 is 0 Å². The summed E-state index contributed by atoms with van der Waals surface area (Å²) in [5.41, 5.74) is -1.19. The summed E-state index contributed by atoms with van der Waals surface area (Å²) in [5.74, 6) is -0.371. The van der Waals surface area contributed by atoms with E-state index in [1.807, 2.05) is 6.07 Å². The van der Waals surface area contributed by atoms with E-state index in [1.54, 1.807) is 24.3 Å². The predicted molar refractivity (Wildman–Crippen MR) is 56.7 cm³/mol. The molecule has 1 saturated heterocycles. The average molecular weight is 207 g/mol. The molecule has 0 spiro atoms. The van der Waals surface area contributed by atoms with Crippen molar-refractivity contribution >= 4 is 5.78 Å². The zero-order valence-corrected chi connectivity index (χ0v) is 8.50. The average Bonchev–Trinajstić information content (AvgIpc) is 2.30. The van der Waals surface area contributed by atoms with Crippen LogP contribution in [0.1, 0.15) is 23.2 Å². The van der Waals surface area contributed by atoms with Crippen LogP contribution in [0.4, 0.5) is 4.39 Å². The number of halogens is 1. The molecule has 15 heavy (non-hydrogen) atoms. The van der Waals surface area contributed by atoms with Gasteiger partial charge in [0.15, 0.2) is 11.5 Å². The van der Waals surface area contributed by atoms with Gasteiger partial charge in [0.05, 0.1) is 0 Å². The van der Waals surface area contributed by atoms with Crippen LogP contribution in [0.15, 0.2) is 30.3 Å². The van der Waals surface area contributed by atoms with Crippen molar-refractivity contribution in [3.8, 4) is 0 Å². The smallest absolute Gasteiger partial charge is 0.200 e. The fourth-order valence-corrected chi connectivity index (χ4v) is 1.90. The van der Waals surface area contributed by atoms with Gasteiger partial charge in [-0.1, -0.05) is 30.3 Å². The van der Waals surface area contributed by atoms with Gasteiger partial charge in [0.25, 0.3) is 0 Å². The number of carbonyl (C=O) groups is 1. The van der Waals surface area contributed by atoms with E-state index in [2.05, 4.69) is 5.32 Å². The van der Waals surface area contributed by atoms with Gasteiger partial charge in [-0.2, -0.15) is 0 Å². The number of nitrogens with one attached hydrogen (secondary N) is 1. The molecule has 2 nitrogen and oxygen atoms in total. The number of rotatable bonds is 2. The molecule has 2 rings (SSSR count). The number of piperidine rings is 1. The van der Waals surface area contributed by atoms with Crippen molar-refractivity contribution in [3.05, 3.63) is 35.9 Å². The number of ketones is 1. The highest BCUT2D eigenvalue weighted by atomic mass is 19.1. The van der Waals surface area contributed by atoms with Crippen molar-refractivity contribution in [1.29, 1.82) is 0 Å². The number of hydrogen-bond acceptors (Lipinski definition) is 2. The topological polar surface area (TPSA) is 29.1 Å². The summed E-state index contributed by atoms with van der Waals surface area (Å²) < 4.78 is 14.3. The summed E-state index contributed by atoms with van der Waals surface area (Å²) >= 11 is 0. The molecule has 0 saturated carbocycles. The van der Waals surface area contributed by atoms with E-state index in [4.69, 9.17) is 0 Å². The van der Waals surface area contributed by atoms with Gasteiger partial charge in [0, 0.05) is 18.4 Å². The third-order valence-corrected chi connectivity index (χ3v) is 2.84. The normalized spacial score (nSPS) is 19.8. The van der Waals surface area contributed by atoms with Crippen molar-refractivity contribution in [2.24, 2.45) is 0 Å². The SMILES string of the molecule is O=C(c1ccccc1)C1(F)CCNCC1. The third-order valence-electron chi connectivity index (χ3n) is 2.84. The Morgan fingerprint density at radius 2 is 1.80 bits per heavy atom. The second kappa shape index (κ2) is 4.11. The van der Waals surface area contributed by atoms with Crippen LogP contribution in [0.25, 0.3) is 0 Å². The van der Waals surface area contributed by atoms with Gasteiger partial charge in [0.2, 0.25) is 0 Å². The minimum absolute atomic E-state index is 0.278. The summed E-state index contributed by atoms with van der Waals surface area (Å²) in [7, 11) is 0. The second-order valence-electron chi connectivity index (χ2n) is 3.91. The molecule has 1 aromatic carbocycles. The van der Waals surface area contributed by atoms with Crippen LogP contribution in [0, 0.1) is 0 Å². The highest BCUT2D eigenvalue weighted by molar-refractivity contribution is 6.02. The van der Waals surface area contributed by atoms with E-state index < -0.39 is 5.67 Å². The van der Waals surface area contributed by atoms with Crippen molar-refractivity contribution in [2.45, 2.75) is 18.5 Å². The molecule has 1 fully saturated rings. The van der Waals surface area contributed by atoms with Crippen LogP contribution in [0.2, 0.25) is 0 Å². The summed E-state index contributed by atoms with van der Waals surface area (Å²) in [6.07, 6.45) is 0.557. The second-order valence-corrected chi connectivity index (χ2v) is 3.91. The third kappa shape index (κ3) is 2.07. The summed E-state index contributed by atoms with van der Waals surface area (Å²) in [5, 5.41) is 3.05. The van der Waals surface area contributed by atoms with Crippen molar-refractivity contribution in [2.75, 3.05) is 13.1 Å². The molecule has 1 aliphatic rings. The molecule has 80 valence electrons. The molecular formula is C12H14FNO. The Balaban J connectivity index is 2.20. The lowest BCUT2D eigenvalue weighted by Gasteiger charge is -2.28. The molecule has 0 atom stereocenters. The maximum absolute atomic E-state index is 14.3. The Labute approximate surface area is 88.5 Å². The zero-order chi connectivity index (χ0) is 10.7. The highest BCUT2D eigenvalue weighted by Crippen LogP contribution is 2.27. The number of benzene rings is 1. The standard InChI is InChI=1S/C12H14FNO/c13-12(6-8-14-9-7-12)11(15)10-4-2-1-3-5-10/h1-5,14H,6-9H2. The van der Waals surface area contributed by atoms with Crippen LogP contribution in [0.5, 0.6) is 0 Å². The van der Waals surface area contributed by atoms with E-state index in [0.29, 0.717) is 18.7 Å². The number of hydrogen-bond donors (Lipinski definition) is 1. The van der Waals surface area contributed by atoms with Crippen molar-refractivity contribution < 1.29 is 9.18 Å². The van der Waals surface area contributed by atoms with Crippen LogP contribution in [-0.2, 0) is 0 Å². The summed E-state index contributed by atoms with van der Waals surface area (Å²) in [6, 6.07) is 8.69. The Bertz CT molecular complexity index is 344. The largest absolute Gasteiger partial charge is 0.316 e. The predicted octanol–water partition coefficient (Wildman–Crippen LogP) is 1.96. The molecule has 1 heterocycles. The zero-order valence-electron chi connectivity index (χ0n) is 8.50. The minimum atomic E-state index is -1.66. The van der Waals surface area contributed by atoms with E-state index in [0.717, 1.165) is 0 Å².